The molecule has 1 N–H and O–H groups in total. The van der Waals surface area contributed by atoms with Crippen molar-refractivity contribution in [2.45, 2.75) is 19.4 Å². The van der Waals surface area contributed by atoms with Crippen LogP contribution in [-0.2, 0) is 6.54 Å². The molecule has 80 valence electrons. The summed E-state index contributed by atoms with van der Waals surface area (Å²) in [6, 6.07) is 1.91. The Kier molecular flexibility index (Phi) is 2.33. The van der Waals surface area contributed by atoms with E-state index in [1.54, 1.807) is 6.26 Å². The molecular weight excluding hydrogens is 188 g/mol. The molecule has 1 saturated carbocycles. The lowest BCUT2D eigenvalue weighted by atomic mass is 9.94. The summed E-state index contributed by atoms with van der Waals surface area (Å²) in [6.45, 7) is 1.94. The smallest absolute Gasteiger partial charge is 0.124 e. The molecule has 3 nitrogen and oxygen atoms in total. The van der Waals surface area contributed by atoms with E-state index < -0.39 is 0 Å². The highest BCUT2D eigenvalue weighted by molar-refractivity contribution is 5.10. The SMILES string of the molecule is C1=C[C@H]2C[C@H]1C[C@@H]2CNCc1ccon1. The summed E-state index contributed by atoms with van der Waals surface area (Å²) in [7, 11) is 0. The lowest BCUT2D eigenvalue weighted by molar-refractivity contribution is 0.393. The van der Waals surface area contributed by atoms with Crippen LogP contribution in [0.15, 0.2) is 29.0 Å². The maximum atomic E-state index is 4.79. The Hall–Kier alpha value is -1.09. The standard InChI is InChI=1S/C12H16N2O/c1-2-10-5-9(1)6-11(10)7-13-8-12-3-4-15-14-12/h1-4,9-11,13H,5-8H2/t9-,10-,11+/m0/s1. The van der Waals surface area contributed by atoms with Gasteiger partial charge in [0.1, 0.15) is 6.26 Å². The van der Waals surface area contributed by atoms with E-state index in [0.29, 0.717) is 0 Å². The number of nitrogens with one attached hydrogen (secondary N) is 1. The molecule has 0 saturated heterocycles. The summed E-state index contributed by atoms with van der Waals surface area (Å²) in [6.07, 6.45) is 9.16. The highest BCUT2D eigenvalue weighted by Gasteiger charge is 2.34. The van der Waals surface area contributed by atoms with Crippen LogP contribution in [0.25, 0.3) is 0 Å². The summed E-state index contributed by atoms with van der Waals surface area (Å²) in [5.74, 6) is 2.54. The largest absolute Gasteiger partial charge is 0.364 e. The lowest BCUT2D eigenvalue weighted by Gasteiger charge is -2.17. The molecule has 3 rings (SSSR count). The average Bonchev–Trinajstić information content (AvgIpc) is 2.93. The second kappa shape index (κ2) is 3.81. The molecule has 3 heteroatoms. The van der Waals surface area contributed by atoms with Crippen LogP contribution < -0.4 is 5.32 Å². The fraction of sp³-hybridized carbons (Fsp3) is 0.583. The van der Waals surface area contributed by atoms with Gasteiger partial charge in [-0.05, 0) is 37.1 Å². The zero-order valence-corrected chi connectivity index (χ0v) is 8.73. The molecule has 1 heterocycles. The van der Waals surface area contributed by atoms with Gasteiger partial charge in [-0.2, -0.15) is 0 Å². The number of hydrogen-bond acceptors (Lipinski definition) is 3. The van der Waals surface area contributed by atoms with Crippen molar-refractivity contribution in [3.05, 3.63) is 30.2 Å². The van der Waals surface area contributed by atoms with Crippen molar-refractivity contribution in [2.75, 3.05) is 6.54 Å². The molecule has 2 aliphatic carbocycles. The third-order valence-electron chi connectivity index (χ3n) is 3.62. The highest BCUT2D eigenvalue weighted by atomic mass is 16.5. The van der Waals surface area contributed by atoms with Crippen LogP contribution >= 0.6 is 0 Å². The fourth-order valence-corrected chi connectivity index (χ4v) is 2.84. The van der Waals surface area contributed by atoms with Crippen molar-refractivity contribution < 1.29 is 4.52 Å². The van der Waals surface area contributed by atoms with Gasteiger partial charge in [0, 0.05) is 12.6 Å². The van der Waals surface area contributed by atoms with Crippen molar-refractivity contribution in [1.82, 2.24) is 10.5 Å². The maximum Gasteiger partial charge on any atom is 0.124 e. The van der Waals surface area contributed by atoms with Crippen LogP contribution in [0, 0.1) is 17.8 Å². The molecule has 0 aromatic carbocycles. The van der Waals surface area contributed by atoms with Gasteiger partial charge < -0.3 is 9.84 Å². The van der Waals surface area contributed by atoms with E-state index in [0.717, 1.165) is 36.5 Å². The first-order valence-corrected chi connectivity index (χ1v) is 5.70. The first-order valence-electron chi connectivity index (χ1n) is 5.70. The monoisotopic (exact) mass is 204 g/mol. The normalized spacial score (nSPS) is 32.7. The van der Waals surface area contributed by atoms with E-state index in [-0.39, 0.29) is 0 Å². The number of hydrogen-bond donors (Lipinski definition) is 1. The lowest BCUT2D eigenvalue weighted by Crippen LogP contribution is -2.25. The quantitative estimate of drug-likeness (QED) is 0.762. The number of aromatic nitrogens is 1. The summed E-state index contributed by atoms with van der Waals surface area (Å²) in [4.78, 5) is 0. The molecule has 2 aliphatic rings. The van der Waals surface area contributed by atoms with Gasteiger partial charge in [-0.15, -0.1) is 0 Å². The Morgan fingerprint density at radius 1 is 1.40 bits per heavy atom. The van der Waals surface area contributed by atoms with E-state index in [1.807, 2.05) is 6.07 Å². The van der Waals surface area contributed by atoms with Crippen molar-refractivity contribution in [1.29, 1.82) is 0 Å². The summed E-state index contributed by atoms with van der Waals surface area (Å²) < 4.78 is 4.79. The van der Waals surface area contributed by atoms with Crippen LogP contribution in [0.4, 0.5) is 0 Å². The minimum atomic E-state index is 0.827. The Balaban J connectivity index is 1.45. The minimum absolute atomic E-state index is 0.827. The molecule has 0 unspecified atom stereocenters. The summed E-state index contributed by atoms with van der Waals surface area (Å²) in [5.41, 5.74) is 0.994. The van der Waals surface area contributed by atoms with Crippen molar-refractivity contribution in [3.8, 4) is 0 Å². The van der Waals surface area contributed by atoms with E-state index in [9.17, 15) is 0 Å². The zero-order valence-electron chi connectivity index (χ0n) is 8.73. The van der Waals surface area contributed by atoms with Crippen LogP contribution in [0.5, 0.6) is 0 Å². The molecule has 2 bridgehead atoms. The van der Waals surface area contributed by atoms with Gasteiger partial charge in [0.25, 0.3) is 0 Å². The van der Waals surface area contributed by atoms with E-state index in [1.165, 1.54) is 12.8 Å². The number of allylic oxidation sites excluding steroid dienone is 2. The van der Waals surface area contributed by atoms with Crippen LogP contribution in [0.1, 0.15) is 18.5 Å². The molecule has 15 heavy (non-hydrogen) atoms. The first-order chi connectivity index (χ1) is 7.42. The Labute approximate surface area is 89.5 Å². The Morgan fingerprint density at radius 3 is 3.07 bits per heavy atom. The van der Waals surface area contributed by atoms with Gasteiger partial charge in [-0.1, -0.05) is 17.3 Å². The molecule has 1 aromatic heterocycles. The van der Waals surface area contributed by atoms with Crippen molar-refractivity contribution >= 4 is 0 Å². The molecule has 1 fully saturated rings. The zero-order chi connectivity index (χ0) is 10.1. The van der Waals surface area contributed by atoms with Crippen LogP contribution in [-0.4, -0.2) is 11.7 Å². The Bertz CT molecular complexity index is 345. The number of rotatable bonds is 4. The fourth-order valence-electron chi connectivity index (χ4n) is 2.84. The van der Waals surface area contributed by atoms with Crippen molar-refractivity contribution in [3.63, 3.8) is 0 Å². The summed E-state index contributed by atoms with van der Waals surface area (Å²) >= 11 is 0. The first kappa shape index (κ1) is 9.16. The van der Waals surface area contributed by atoms with Crippen LogP contribution in [0.2, 0.25) is 0 Å². The van der Waals surface area contributed by atoms with Gasteiger partial charge in [0.2, 0.25) is 0 Å². The molecular formula is C12H16N2O. The van der Waals surface area contributed by atoms with Gasteiger partial charge in [0.05, 0.1) is 5.69 Å². The van der Waals surface area contributed by atoms with Gasteiger partial charge in [-0.25, -0.2) is 0 Å². The van der Waals surface area contributed by atoms with Gasteiger partial charge >= 0.3 is 0 Å². The molecule has 0 radical (unpaired) electrons. The van der Waals surface area contributed by atoms with Gasteiger partial charge in [-0.3, -0.25) is 0 Å². The third-order valence-corrected chi connectivity index (χ3v) is 3.62. The molecule has 3 atom stereocenters. The van der Waals surface area contributed by atoms with Crippen LogP contribution in [0.3, 0.4) is 0 Å². The van der Waals surface area contributed by atoms with Gasteiger partial charge in [0.15, 0.2) is 0 Å². The predicted molar refractivity (Wildman–Crippen MR) is 57.1 cm³/mol. The molecule has 0 amide bonds. The Morgan fingerprint density at radius 2 is 2.40 bits per heavy atom. The second-order valence-corrected chi connectivity index (χ2v) is 4.66. The predicted octanol–water partition coefficient (Wildman–Crippen LogP) is 1.98. The molecule has 0 spiro atoms. The number of fused-ring (bicyclic) bond motifs is 2. The summed E-state index contributed by atoms with van der Waals surface area (Å²) in [5, 5.41) is 7.34. The van der Waals surface area contributed by atoms with E-state index in [4.69, 9.17) is 4.52 Å². The molecule has 0 aliphatic heterocycles. The topological polar surface area (TPSA) is 38.1 Å². The average molecular weight is 204 g/mol. The van der Waals surface area contributed by atoms with Crippen molar-refractivity contribution in [2.24, 2.45) is 17.8 Å². The third kappa shape index (κ3) is 1.84. The van der Waals surface area contributed by atoms with E-state index >= 15 is 0 Å². The minimum Gasteiger partial charge on any atom is -0.364 e. The highest BCUT2D eigenvalue weighted by Crippen LogP contribution is 2.42. The number of nitrogens with zero attached hydrogens (tertiary/aromatic N) is 1. The maximum absolute atomic E-state index is 4.79. The van der Waals surface area contributed by atoms with E-state index in [2.05, 4.69) is 22.6 Å². The second-order valence-electron chi connectivity index (χ2n) is 4.66. The molecule has 1 aromatic rings.